The van der Waals surface area contributed by atoms with Crippen molar-refractivity contribution in [3.63, 3.8) is 0 Å². The normalized spacial score (nSPS) is 12.3. The molecule has 0 amide bonds. The molecule has 0 spiro atoms. The second kappa shape index (κ2) is 4.54. The largest absolute Gasteiger partial charge is 0.455 e. The van der Waals surface area contributed by atoms with Crippen molar-refractivity contribution in [2.24, 2.45) is 0 Å². The molecule has 0 saturated carbocycles. The van der Waals surface area contributed by atoms with Gasteiger partial charge in [0.05, 0.1) is 27.6 Å². The Morgan fingerprint density at radius 1 is 0.640 bits per heavy atom. The number of benzene rings is 3. The lowest BCUT2D eigenvalue weighted by molar-refractivity contribution is 0.492. The predicted octanol–water partition coefficient (Wildman–Crippen LogP) is 5.71. The molecular formula is C22H12N2O. The molecule has 0 atom stereocenters. The fraction of sp³-hybridized carbons (Fsp3) is 0. The minimum atomic E-state index is 0.843. The van der Waals surface area contributed by atoms with Crippen LogP contribution in [0.3, 0.4) is 0 Å². The molecular weight excluding hydrogens is 308 g/mol. The molecule has 0 fully saturated rings. The lowest BCUT2D eigenvalue weighted by atomic mass is 9.98. The summed E-state index contributed by atoms with van der Waals surface area (Å²) in [6, 6.07) is 24.3. The van der Waals surface area contributed by atoms with E-state index >= 15 is 0 Å². The summed E-state index contributed by atoms with van der Waals surface area (Å²) in [7, 11) is 0. The van der Waals surface area contributed by atoms with Gasteiger partial charge >= 0.3 is 0 Å². The molecule has 0 radical (unpaired) electrons. The summed E-state index contributed by atoms with van der Waals surface area (Å²) < 4.78 is 6.33. The summed E-state index contributed by atoms with van der Waals surface area (Å²) in [5.74, 6) is 1.70. The molecule has 6 rings (SSSR count). The van der Waals surface area contributed by atoms with Crippen LogP contribution in [0.4, 0.5) is 0 Å². The van der Waals surface area contributed by atoms with Crippen LogP contribution in [0.2, 0.25) is 0 Å². The van der Waals surface area contributed by atoms with Gasteiger partial charge in [-0.2, -0.15) is 0 Å². The quantitative estimate of drug-likeness (QED) is 0.266. The van der Waals surface area contributed by atoms with E-state index in [0.717, 1.165) is 55.5 Å². The average molecular weight is 320 g/mol. The van der Waals surface area contributed by atoms with Crippen LogP contribution in [0.5, 0.6) is 11.5 Å². The van der Waals surface area contributed by atoms with Gasteiger partial charge in [-0.25, -0.2) is 9.97 Å². The third kappa shape index (κ3) is 1.64. The molecule has 0 aliphatic carbocycles. The molecule has 116 valence electrons. The Morgan fingerprint density at radius 2 is 1.32 bits per heavy atom. The minimum Gasteiger partial charge on any atom is -0.455 e. The first kappa shape index (κ1) is 12.9. The third-order valence-corrected chi connectivity index (χ3v) is 4.83. The van der Waals surface area contributed by atoms with Crippen LogP contribution in [0.1, 0.15) is 0 Å². The molecule has 0 saturated heterocycles. The maximum atomic E-state index is 6.33. The number of aromatic nitrogens is 2. The number of pyridine rings is 2. The molecule has 25 heavy (non-hydrogen) atoms. The zero-order valence-electron chi connectivity index (χ0n) is 13.2. The van der Waals surface area contributed by atoms with Gasteiger partial charge in [0.2, 0.25) is 0 Å². The molecule has 1 aliphatic rings. The molecule has 2 aromatic heterocycles. The second-order valence-corrected chi connectivity index (χ2v) is 6.26. The topological polar surface area (TPSA) is 35.0 Å². The maximum absolute atomic E-state index is 6.33. The molecule has 0 N–H and O–H groups in total. The molecule has 3 heteroatoms. The third-order valence-electron chi connectivity index (χ3n) is 4.83. The smallest absolute Gasteiger partial charge is 0.148 e. The molecule has 3 nitrogen and oxygen atoms in total. The first-order valence-electron chi connectivity index (χ1n) is 8.28. The van der Waals surface area contributed by atoms with E-state index in [1.165, 1.54) is 0 Å². The van der Waals surface area contributed by atoms with Crippen molar-refractivity contribution in [2.75, 3.05) is 0 Å². The van der Waals surface area contributed by atoms with E-state index in [-0.39, 0.29) is 0 Å². The zero-order chi connectivity index (χ0) is 16.4. The summed E-state index contributed by atoms with van der Waals surface area (Å²) in [6.07, 6.45) is 0. The molecule has 3 aromatic carbocycles. The van der Waals surface area contributed by atoms with E-state index in [0.29, 0.717) is 0 Å². The summed E-state index contributed by atoms with van der Waals surface area (Å²) in [5.41, 5.74) is 4.80. The second-order valence-electron chi connectivity index (χ2n) is 6.26. The van der Waals surface area contributed by atoms with Crippen molar-refractivity contribution in [2.45, 2.75) is 0 Å². The number of hydrogen-bond acceptors (Lipinski definition) is 3. The Bertz CT molecular complexity index is 1320. The van der Waals surface area contributed by atoms with Crippen LogP contribution in [-0.4, -0.2) is 9.97 Å². The summed E-state index contributed by atoms with van der Waals surface area (Å²) in [6.45, 7) is 0. The SMILES string of the molecule is c1ccc2c(c1)Oc1c3ccccc3nc3c1c-2nc1ccccc13. The Morgan fingerprint density at radius 3 is 2.20 bits per heavy atom. The lowest BCUT2D eigenvalue weighted by Crippen LogP contribution is -2.02. The molecule has 5 aromatic rings. The summed E-state index contributed by atoms with van der Waals surface area (Å²) >= 11 is 0. The Kier molecular flexibility index (Phi) is 2.35. The Labute approximate surface area is 143 Å². The Balaban J connectivity index is 1.95. The van der Waals surface area contributed by atoms with Crippen molar-refractivity contribution >= 4 is 32.7 Å². The van der Waals surface area contributed by atoms with Gasteiger partial charge in [-0.05, 0) is 30.3 Å². The number of ether oxygens (including phenoxy) is 1. The molecule has 1 aliphatic heterocycles. The number of nitrogens with zero attached hydrogens (tertiary/aromatic N) is 2. The fourth-order valence-corrected chi connectivity index (χ4v) is 3.71. The van der Waals surface area contributed by atoms with Gasteiger partial charge in [-0.1, -0.05) is 42.5 Å². The first-order valence-corrected chi connectivity index (χ1v) is 8.28. The van der Waals surface area contributed by atoms with Crippen LogP contribution in [-0.2, 0) is 0 Å². The number of hydrogen-bond donors (Lipinski definition) is 0. The Hall–Kier alpha value is -3.46. The average Bonchev–Trinajstić information content (AvgIpc) is 2.68. The standard InChI is InChI=1S/C22H12N2O/c1-4-10-16-13(7-1)20-19-21(23-16)15-9-3-6-12-18(15)25-22(19)14-8-2-5-11-17(14)24-20/h1-12H. The minimum absolute atomic E-state index is 0.843. The van der Waals surface area contributed by atoms with Crippen LogP contribution in [0, 0.1) is 0 Å². The molecule has 3 heterocycles. The van der Waals surface area contributed by atoms with Crippen LogP contribution in [0.25, 0.3) is 44.0 Å². The summed E-state index contributed by atoms with van der Waals surface area (Å²) in [5, 5.41) is 3.06. The first-order chi connectivity index (χ1) is 12.4. The van der Waals surface area contributed by atoms with Gasteiger partial charge in [-0.15, -0.1) is 0 Å². The van der Waals surface area contributed by atoms with E-state index in [1.807, 2.05) is 54.6 Å². The van der Waals surface area contributed by atoms with Crippen molar-refractivity contribution in [1.82, 2.24) is 9.97 Å². The highest BCUT2D eigenvalue weighted by atomic mass is 16.5. The lowest BCUT2D eigenvalue weighted by Gasteiger charge is -2.22. The van der Waals surface area contributed by atoms with Gasteiger partial charge in [0, 0.05) is 16.3 Å². The van der Waals surface area contributed by atoms with Gasteiger partial charge in [-0.3, -0.25) is 0 Å². The monoisotopic (exact) mass is 320 g/mol. The molecule has 0 unspecified atom stereocenters. The van der Waals surface area contributed by atoms with Gasteiger partial charge < -0.3 is 4.74 Å². The van der Waals surface area contributed by atoms with E-state index in [1.54, 1.807) is 0 Å². The van der Waals surface area contributed by atoms with E-state index in [9.17, 15) is 0 Å². The highest BCUT2D eigenvalue weighted by Crippen LogP contribution is 2.49. The van der Waals surface area contributed by atoms with E-state index in [2.05, 4.69) is 18.2 Å². The predicted molar refractivity (Wildman–Crippen MR) is 100 cm³/mol. The number of fused-ring (bicyclic) bond motifs is 6. The zero-order valence-corrected chi connectivity index (χ0v) is 13.2. The van der Waals surface area contributed by atoms with Gasteiger partial charge in [0.15, 0.2) is 0 Å². The van der Waals surface area contributed by atoms with Gasteiger partial charge in [0.1, 0.15) is 11.5 Å². The van der Waals surface area contributed by atoms with Crippen molar-refractivity contribution < 1.29 is 4.74 Å². The van der Waals surface area contributed by atoms with Crippen molar-refractivity contribution in [3.05, 3.63) is 72.8 Å². The highest BCUT2D eigenvalue weighted by Gasteiger charge is 2.25. The highest BCUT2D eigenvalue weighted by molar-refractivity contribution is 6.17. The van der Waals surface area contributed by atoms with Crippen LogP contribution < -0.4 is 4.74 Å². The van der Waals surface area contributed by atoms with E-state index in [4.69, 9.17) is 14.7 Å². The van der Waals surface area contributed by atoms with Gasteiger partial charge in [0.25, 0.3) is 0 Å². The van der Waals surface area contributed by atoms with E-state index < -0.39 is 0 Å². The number of rotatable bonds is 0. The van der Waals surface area contributed by atoms with Crippen LogP contribution >= 0.6 is 0 Å². The number of para-hydroxylation sites is 3. The maximum Gasteiger partial charge on any atom is 0.148 e. The molecule has 0 bridgehead atoms. The van der Waals surface area contributed by atoms with Crippen LogP contribution in [0.15, 0.2) is 72.8 Å². The fourth-order valence-electron chi connectivity index (χ4n) is 3.71. The van der Waals surface area contributed by atoms with Crippen molar-refractivity contribution in [3.8, 4) is 22.8 Å². The summed E-state index contributed by atoms with van der Waals surface area (Å²) in [4.78, 5) is 9.92. The van der Waals surface area contributed by atoms with Crippen molar-refractivity contribution in [1.29, 1.82) is 0 Å².